The highest BCUT2D eigenvalue weighted by Gasteiger charge is 2.25. The van der Waals surface area contributed by atoms with Crippen LogP contribution in [0.15, 0.2) is 41.5 Å². The summed E-state index contributed by atoms with van der Waals surface area (Å²) in [6.45, 7) is 2.78. The van der Waals surface area contributed by atoms with Crippen molar-refractivity contribution in [2.24, 2.45) is 0 Å². The lowest BCUT2D eigenvalue weighted by Gasteiger charge is -2.10. The van der Waals surface area contributed by atoms with Gasteiger partial charge in [0.15, 0.2) is 5.82 Å². The smallest absolute Gasteiger partial charge is 0.293 e. The number of nitrogens with one attached hydrogen (secondary N) is 1. The van der Waals surface area contributed by atoms with E-state index in [1.165, 1.54) is 11.1 Å². The van der Waals surface area contributed by atoms with Gasteiger partial charge in [-0.2, -0.15) is 0 Å². The van der Waals surface area contributed by atoms with Crippen LogP contribution >= 0.6 is 0 Å². The minimum absolute atomic E-state index is 0.0102. The molecule has 0 bridgehead atoms. The van der Waals surface area contributed by atoms with E-state index >= 15 is 0 Å². The molecule has 1 saturated carbocycles. The monoisotopic (exact) mass is 269 g/mol. The van der Waals surface area contributed by atoms with Gasteiger partial charge in [0.2, 0.25) is 0 Å². The van der Waals surface area contributed by atoms with Crippen LogP contribution in [0.1, 0.15) is 36.9 Å². The molecule has 0 radical (unpaired) electrons. The van der Waals surface area contributed by atoms with E-state index in [1.807, 2.05) is 12.1 Å². The maximum absolute atomic E-state index is 12.3. The van der Waals surface area contributed by atoms with Crippen LogP contribution in [0.3, 0.4) is 0 Å². The molecule has 1 fully saturated rings. The third-order valence-corrected chi connectivity index (χ3v) is 3.75. The topological polar surface area (TPSA) is 46.9 Å². The number of hydrogen-bond acceptors (Lipinski definition) is 3. The maximum Gasteiger partial charge on any atom is 0.293 e. The average molecular weight is 269 g/mol. The van der Waals surface area contributed by atoms with Crippen LogP contribution in [0, 0.1) is 0 Å². The Labute approximate surface area is 118 Å². The third kappa shape index (κ3) is 2.59. The third-order valence-electron chi connectivity index (χ3n) is 3.75. The first-order chi connectivity index (χ1) is 9.79. The summed E-state index contributed by atoms with van der Waals surface area (Å²) in [4.78, 5) is 16.4. The van der Waals surface area contributed by atoms with Crippen LogP contribution in [0.25, 0.3) is 0 Å². The molecule has 4 heteroatoms. The molecule has 1 aliphatic rings. The number of benzene rings is 1. The first-order valence-corrected chi connectivity index (χ1v) is 7.17. The Bertz CT molecular complexity index is 659. The Kier molecular flexibility index (Phi) is 3.54. The number of rotatable bonds is 5. The summed E-state index contributed by atoms with van der Waals surface area (Å²) in [6.07, 6.45) is 6.68. The molecule has 1 aliphatic carbocycles. The fraction of sp³-hybridized carbons (Fsp3) is 0.375. The molecule has 0 atom stereocenters. The average Bonchev–Trinajstić information content (AvgIpc) is 3.31. The summed E-state index contributed by atoms with van der Waals surface area (Å²) in [5.74, 6) is 0.449. The Hall–Kier alpha value is -2.10. The minimum atomic E-state index is -0.0102. The number of hydrogen-bond donors (Lipinski definition) is 1. The van der Waals surface area contributed by atoms with E-state index in [4.69, 9.17) is 0 Å². The molecule has 0 saturated heterocycles. The Balaban J connectivity index is 1.78. The lowest BCUT2D eigenvalue weighted by Crippen LogP contribution is -2.23. The molecule has 3 rings (SSSR count). The van der Waals surface area contributed by atoms with E-state index in [-0.39, 0.29) is 5.56 Å². The molecule has 0 unspecified atom stereocenters. The summed E-state index contributed by atoms with van der Waals surface area (Å²) < 4.78 is 1.79. The molecule has 2 aromatic rings. The van der Waals surface area contributed by atoms with Gasteiger partial charge in [0.25, 0.3) is 5.56 Å². The molecule has 1 aromatic carbocycles. The SMILES string of the molecule is CCc1ccccc1CNc1nccn(C2CC2)c1=O. The van der Waals surface area contributed by atoms with Crippen molar-refractivity contribution < 1.29 is 0 Å². The highest BCUT2D eigenvalue weighted by Crippen LogP contribution is 2.33. The van der Waals surface area contributed by atoms with Gasteiger partial charge in [-0.1, -0.05) is 31.2 Å². The van der Waals surface area contributed by atoms with Crippen molar-refractivity contribution in [3.63, 3.8) is 0 Å². The summed E-state index contributed by atoms with van der Waals surface area (Å²) in [5, 5.41) is 3.18. The summed E-state index contributed by atoms with van der Waals surface area (Å²) in [5.41, 5.74) is 2.51. The van der Waals surface area contributed by atoms with Crippen molar-refractivity contribution >= 4 is 5.82 Å². The molecular weight excluding hydrogens is 250 g/mol. The van der Waals surface area contributed by atoms with Gasteiger partial charge in [0.05, 0.1) is 0 Å². The zero-order valence-corrected chi connectivity index (χ0v) is 11.7. The van der Waals surface area contributed by atoms with Gasteiger partial charge in [0, 0.05) is 25.0 Å². The molecule has 0 amide bonds. The number of aromatic nitrogens is 2. The zero-order valence-electron chi connectivity index (χ0n) is 11.7. The molecule has 4 nitrogen and oxygen atoms in total. The normalized spacial score (nSPS) is 14.2. The second-order valence-electron chi connectivity index (χ2n) is 5.20. The number of aryl methyl sites for hydroxylation is 1. The highest BCUT2D eigenvalue weighted by molar-refractivity contribution is 5.35. The van der Waals surface area contributed by atoms with Gasteiger partial charge in [-0.15, -0.1) is 0 Å². The lowest BCUT2D eigenvalue weighted by molar-refractivity contribution is 0.699. The molecule has 104 valence electrons. The fourth-order valence-electron chi connectivity index (χ4n) is 2.44. The minimum Gasteiger partial charge on any atom is -0.361 e. The van der Waals surface area contributed by atoms with Crippen LogP contribution in [0.5, 0.6) is 0 Å². The van der Waals surface area contributed by atoms with Gasteiger partial charge in [-0.3, -0.25) is 4.79 Å². The van der Waals surface area contributed by atoms with Crippen LogP contribution in [0.4, 0.5) is 5.82 Å². The van der Waals surface area contributed by atoms with E-state index in [0.29, 0.717) is 18.4 Å². The predicted molar refractivity (Wildman–Crippen MR) is 79.9 cm³/mol. The van der Waals surface area contributed by atoms with Crippen molar-refractivity contribution in [3.05, 3.63) is 58.1 Å². The molecular formula is C16H19N3O. The van der Waals surface area contributed by atoms with Crippen LogP contribution in [0.2, 0.25) is 0 Å². The van der Waals surface area contributed by atoms with E-state index < -0.39 is 0 Å². The molecule has 1 N–H and O–H groups in total. The standard InChI is InChI=1S/C16H19N3O/c1-2-12-5-3-4-6-13(12)11-18-15-16(20)19(10-9-17-15)14-7-8-14/h3-6,9-10,14H,2,7-8,11H2,1H3,(H,17,18). The van der Waals surface area contributed by atoms with Crippen LogP contribution in [-0.4, -0.2) is 9.55 Å². The summed E-state index contributed by atoms with van der Waals surface area (Å²) >= 11 is 0. The van der Waals surface area contributed by atoms with Crippen LogP contribution in [-0.2, 0) is 13.0 Å². The van der Waals surface area contributed by atoms with Crippen LogP contribution < -0.4 is 10.9 Å². The summed E-state index contributed by atoms with van der Waals surface area (Å²) in [6, 6.07) is 8.67. The van der Waals surface area contributed by atoms with E-state index in [2.05, 4.69) is 29.4 Å². The number of nitrogens with zero attached hydrogens (tertiary/aromatic N) is 2. The van der Waals surface area contributed by atoms with E-state index in [1.54, 1.807) is 17.0 Å². The Morgan fingerprint density at radius 2 is 2.05 bits per heavy atom. The first-order valence-electron chi connectivity index (χ1n) is 7.17. The molecule has 20 heavy (non-hydrogen) atoms. The van der Waals surface area contributed by atoms with Gasteiger partial charge < -0.3 is 9.88 Å². The van der Waals surface area contributed by atoms with Gasteiger partial charge in [-0.05, 0) is 30.4 Å². The lowest BCUT2D eigenvalue weighted by atomic mass is 10.1. The van der Waals surface area contributed by atoms with Crippen molar-refractivity contribution in [2.45, 2.75) is 38.8 Å². The molecule has 1 heterocycles. The Morgan fingerprint density at radius 1 is 1.30 bits per heavy atom. The van der Waals surface area contributed by atoms with Crippen molar-refractivity contribution in [3.8, 4) is 0 Å². The van der Waals surface area contributed by atoms with Gasteiger partial charge >= 0.3 is 0 Å². The van der Waals surface area contributed by atoms with Gasteiger partial charge in [0.1, 0.15) is 0 Å². The van der Waals surface area contributed by atoms with E-state index in [0.717, 1.165) is 19.3 Å². The first kappa shape index (κ1) is 12.9. The van der Waals surface area contributed by atoms with Crippen molar-refractivity contribution in [1.29, 1.82) is 0 Å². The molecule has 0 spiro atoms. The molecule has 0 aliphatic heterocycles. The predicted octanol–water partition coefficient (Wildman–Crippen LogP) is 2.75. The van der Waals surface area contributed by atoms with E-state index in [9.17, 15) is 4.79 Å². The highest BCUT2D eigenvalue weighted by atomic mass is 16.1. The summed E-state index contributed by atoms with van der Waals surface area (Å²) in [7, 11) is 0. The Morgan fingerprint density at radius 3 is 2.75 bits per heavy atom. The zero-order chi connectivity index (χ0) is 13.9. The largest absolute Gasteiger partial charge is 0.361 e. The maximum atomic E-state index is 12.3. The second kappa shape index (κ2) is 5.49. The van der Waals surface area contributed by atoms with Crippen molar-refractivity contribution in [2.75, 3.05) is 5.32 Å². The number of anilines is 1. The van der Waals surface area contributed by atoms with Crippen molar-refractivity contribution in [1.82, 2.24) is 9.55 Å². The molecule has 1 aromatic heterocycles. The quantitative estimate of drug-likeness (QED) is 0.908. The van der Waals surface area contributed by atoms with Gasteiger partial charge in [-0.25, -0.2) is 4.98 Å². The second-order valence-corrected chi connectivity index (χ2v) is 5.20. The fourth-order valence-corrected chi connectivity index (χ4v) is 2.44.